The van der Waals surface area contributed by atoms with Gasteiger partial charge in [-0.25, -0.2) is 14.2 Å². The van der Waals surface area contributed by atoms with Gasteiger partial charge in [0.1, 0.15) is 5.82 Å². The molecule has 0 saturated heterocycles. The third-order valence-corrected chi connectivity index (χ3v) is 2.73. The first-order valence-electron chi connectivity index (χ1n) is 6.02. The van der Waals surface area contributed by atoms with Crippen LogP contribution >= 0.6 is 0 Å². The standard InChI is InChI=1S/C14H14FNO3/c1-3-4-11-12(14(17)18)19-13(16-11)9-7-8(2)5-6-10(9)15/h5-7H,3-4H2,1-2H3,(H,17,18). The fourth-order valence-electron chi connectivity index (χ4n) is 1.84. The number of carbonyl (C=O) groups is 1. The van der Waals surface area contributed by atoms with E-state index in [1.807, 2.05) is 13.8 Å². The van der Waals surface area contributed by atoms with Crippen molar-refractivity contribution in [2.75, 3.05) is 0 Å². The van der Waals surface area contributed by atoms with E-state index in [4.69, 9.17) is 9.52 Å². The average molecular weight is 263 g/mol. The molecule has 0 saturated carbocycles. The summed E-state index contributed by atoms with van der Waals surface area (Å²) in [5.41, 5.74) is 1.39. The zero-order valence-corrected chi connectivity index (χ0v) is 10.7. The van der Waals surface area contributed by atoms with Gasteiger partial charge in [0.15, 0.2) is 0 Å². The maximum atomic E-state index is 13.7. The third kappa shape index (κ3) is 2.65. The molecule has 0 atom stereocenters. The fourth-order valence-corrected chi connectivity index (χ4v) is 1.84. The molecule has 0 aliphatic carbocycles. The van der Waals surface area contributed by atoms with Gasteiger partial charge in [-0.1, -0.05) is 25.0 Å². The van der Waals surface area contributed by atoms with Gasteiger partial charge in [-0.2, -0.15) is 0 Å². The van der Waals surface area contributed by atoms with Crippen molar-refractivity contribution in [2.45, 2.75) is 26.7 Å². The Kier molecular flexibility index (Phi) is 3.64. The Morgan fingerprint density at radius 2 is 2.21 bits per heavy atom. The lowest BCUT2D eigenvalue weighted by atomic mass is 10.1. The highest BCUT2D eigenvalue weighted by atomic mass is 19.1. The number of hydrogen-bond acceptors (Lipinski definition) is 3. The monoisotopic (exact) mass is 263 g/mol. The van der Waals surface area contributed by atoms with Crippen molar-refractivity contribution in [3.05, 3.63) is 41.0 Å². The molecular formula is C14H14FNO3. The van der Waals surface area contributed by atoms with Gasteiger partial charge in [0.05, 0.1) is 11.3 Å². The van der Waals surface area contributed by atoms with Crippen LogP contribution in [-0.2, 0) is 6.42 Å². The Labute approximate surface area is 109 Å². The quantitative estimate of drug-likeness (QED) is 0.917. The third-order valence-electron chi connectivity index (χ3n) is 2.73. The molecule has 0 fully saturated rings. The number of carboxylic acid groups (broad SMARTS) is 1. The lowest BCUT2D eigenvalue weighted by Gasteiger charge is -1.99. The second-order valence-corrected chi connectivity index (χ2v) is 4.33. The van der Waals surface area contributed by atoms with Crippen molar-refractivity contribution in [1.29, 1.82) is 0 Å². The maximum absolute atomic E-state index is 13.7. The number of oxazole rings is 1. The van der Waals surface area contributed by atoms with Crippen LogP contribution in [0.5, 0.6) is 0 Å². The molecule has 0 amide bonds. The lowest BCUT2D eigenvalue weighted by molar-refractivity contribution is 0.0661. The summed E-state index contributed by atoms with van der Waals surface area (Å²) in [7, 11) is 0. The van der Waals surface area contributed by atoms with Gasteiger partial charge in [0.25, 0.3) is 0 Å². The smallest absolute Gasteiger partial charge is 0.373 e. The molecule has 0 radical (unpaired) electrons. The van der Waals surface area contributed by atoms with Crippen molar-refractivity contribution < 1.29 is 18.7 Å². The number of halogens is 1. The Bertz CT molecular complexity index is 619. The molecular weight excluding hydrogens is 249 g/mol. The molecule has 5 heteroatoms. The Morgan fingerprint density at radius 1 is 1.47 bits per heavy atom. The molecule has 1 heterocycles. The normalized spacial score (nSPS) is 10.7. The van der Waals surface area contributed by atoms with Crippen molar-refractivity contribution >= 4 is 5.97 Å². The number of rotatable bonds is 4. The number of benzene rings is 1. The summed E-state index contributed by atoms with van der Waals surface area (Å²) < 4.78 is 18.9. The molecule has 4 nitrogen and oxygen atoms in total. The van der Waals surface area contributed by atoms with E-state index >= 15 is 0 Å². The van der Waals surface area contributed by atoms with E-state index in [1.165, 1.54) is 6.07 Å². The van der Waals surface area contributed by atoms with Crippen LogP contribution in [0, 0.1) is 12.7 Å². The zero-order chi connectivity index (χ0) is 14.0. The molecule has 1 aromatic heterocycles. The molecule has 2 rings (SSSR count). The van der Waals surface area contributed by atoms with E-state index in [0.29, 0.717) is 12.1 Å². The number of nitrogens with zero attached hydrogens (tertiary/aromatic N) is 1. The van der Waals surface area contributed by atoms with Crippen LogP contribution in [0.25, 0.3) is 11.5 Å². The number of hydrogen-bond donors (Lipinski definition) is 1. The molecule has 0 unspecified atom stereocenters. The highest BCUT2D eigenvalue weighted by Crippen LogP contribution is 2.26. The van der Waals surface area contributed by atoms with Gasteiger partial charge in [-0.05, 0) is 25.5 Å². The van der Waals surface area contributed by atoms with E-state index in [9.17, 15) is 9.18 Å². The molecule has 0 bridgehead atoms. The first kappa shape index (κ1) is 13.3. The highest BCUT2D eigenvalue weighted by molar-refractivity contribution is 5.86. The number of aryl methyl sites for hydroxylation is 2. The van der Waals surface area contributed by atoms with E-state index in [1.54, 1.807) is 12.1 Å². The van der Waals surface area contributed by atoms with Crippen molar-refractivity contribution in [3.8, 4) is 11.5 Å². The fraction of sp³-hybridized carbons (Fsp3) is 0.286. The van der Waals surface area contributed by atoms with Crippen molar-refractivity contribution in [3.63, 3.8) is 0 Å². The zero-order valence-electron chi connectivity index (χ0n) is 10.7. The average Bonchev–Trinajstić information content (AvgIpc) is 2.77. The minimum Gasteiger partial charge on any atom is -0.475 e. The Morgan fingerprint density at radius 3 is 2.84 bits per heavy atom. The first-order valence-corrected chi connectivity index (χ1v) is 6.02. The molecule has 100 valence electrons. The number of aromatic nitrogens is 1. The summed E-state index contributed by atoms with van der Waals surface area (Å²) in [6.07, 6.45) is 1.22. The van der Waals surface area contributed by atoms with Crippen LogP contribution in [0.4, 0.5) is 4.39 Å². The van der Waals surface area contributed by atoms with E-state index in [0.717, 1.165) is 12.0 Å². The van der Waals surface area contributed by atoms with Gasteiger partial charge in [-0.15, -0.1) is 0 Å². The van der Waals surface area contributed by atoms with E-state index in [-0.39, 0.29) is 17.2 Å². The van der Waals surface area contributed by atoms with Gasteiger partial charge >= 0.3 is 5.97 Å². The van der Waals surface area contributed by atoms with Crippen LogP contribution < -0.4 is 0 Å². The maximum Gasteiger partial charge on any atom is 0.373 e. The largest absolute Gasteiger partial charge is 0.475 e. The molecule has 2 aromatic rings. The SMILES string of the molecule is CCCc1nc(-c2cc(C)ccc2F)oc1C(=O)O. The topological polar surface area (TPSA) is 63.3 Å². The summed E-state index contributed by atoms with van der Waals surface area (Å²) >= 11 is 0. The molecule has 0 spiro atoms. The predicted octanol–water partition coefficient (Wildman–Crippen LogP) is 3.44. The van der Waals surface area contributed by atoms with Crippen LogP contribution in [-0.4, -0.2) is 16.1 Å². The first-order chi connectivity index (χ1) is 9.02. The summed E-state index contributed by atoms with van der Waals surface area (Å²) in [5.74, 6) is -1.86. The van der Waals surface area contributed by atoms with Gasteiger partial charge < -0.3 is 9.52 Å². The number of aromatic carboxylic acids is 1. The summed E-state index contributed by atoms with van der Waals surface area (Å²) in [5, 5.41) is 9.05. The second-order valence-electron chi connectivity index (χ2n) is 4.33. The Hall–Kier alpha value is -2.17. The summed E-state index contributed by atoms with van der Waals surface area (Å²) in [6.45, 7) is 3.73. The minimum absolute atomic E-state index is 0.0158. The molecule has 1 N–H and O–H groups in total. The molecule has 19 heavy (non-hydrogen) atoms. The Balaban J connectivity index is 2.53. The van der Waals surface area contributed by atoms with Crippen molar-refractivity contribution in [2.24, 2.45) is 0 Å². The van der Waals surface area contributed by atoms with Crippen LogP contribution in [0.1, 0.15) is 35.2 Å². The van der Waals surface area contributed by atoms with E-state index < -0.39 is 11.8 Å². The van der Waals surface area contributed by atoms with Crippen LogP contribution in [0.3, 0.4) is 0 Å². The molecule has 0 aliphatic heterocycles. The molecule has 0 aliphatic rings. The lowest BCUT2D eigenvalue weighted by Crippen LogP contribution is -1.99. The minimum atomic E-state index is -1.18. The van der Waals surface area contributed by atoms with Crippen LogP contribution in [0.15, 0.2) is 22.6 Å². The second kappa shape index (κ2) is 5.22. The summed E-state index contributed by atoms with van der Waals surface area (Å²) in [6, 6.07) is 4.53. The van der Waals surface area contributed by atoms with Crippen LogP contribution in [0.2, 0.25) is 0 Å². The van der Waals surface area contributed by atoms with E-state index in [2.05, 4.69) is 4.98 Å². The van der Waals surface area contributed by atoms with Crippen molar-refractivity contribution in [1.82, 2.24) is 4.98 Å². The highest BCUT2D eigenvalue weighted by Gasteiger charge is 2.21. The predicted molar refractivity (Wildman–Crippen MR) is 67.6 cm³/mol. The van der Waals surface area contributed by atoms with Gasteiger partial charge in [0, 0.05) is 0 Å². The summed E-state index contributed by atoms with van der Waals surface area (Å²) in [4.78, 5) is 15.2. The molecule has 1 aromatic carbocycles. The van der Waals surface area contributed by atoms with Gasteiger partial charge in [0.2, 0.25) is 11.7 Å². The number of carboxylic acids is 1. The van der Waals surface area contributed by atoms with Gasteiger partial charge in [-0.3, -0.25) is 0 Å².